The molecule has 3 rings (SSSR count). The van der Waals surface area contributed by atoms with Gasteiger partial charge in [0.2, 0.25) is 5.78 Å². The van der Waals surface area contributed by atoms with E-state index in [4.69, 9.17) is 16.2 Å². The van der Waals surface area contributed by atoms with Gasteiger partial charge in [-0.05, 0) is 42.6 Å². The lowest BCUT2D eigenvalue weighted by Crippen LogP contribution is -2.36. The molecular weight excluding hydrogens is 413 g/mol. The first-order chi connectivity index (χ1) is 15.5. The van der Waals surface area contributed by atoms with E-state index in [1.807, 2.05) is 11.0 Å². The Kier molecular flexibility index (Phi) is 7.71. The van der Waals surface area contributed by atoms with Gasteiger partial charge in [0, 0.05) is 24.5 Å². The van der Waals surface area contributed by atoms with Crippen LogP contribution in [0.25, 0.3) is 0 Å². The van der Waals surface area contributed by atoms with Crippen LogP contribution in [0.5, 0.6) is 0 Å². The highest BCUT2D eigenvalue weighted by atomic mass is 19.1. The highest BCUT2D eigenvalue weighted by Crippen LogP contribution is 2.24. The number of allylic oxidation sites excluding steroid dienone is 2. The number of nitrogens with one attached hydrogen (secondary N) is 1. The van der Waals surface area contributed by atoms with Crippen LogP contribution in [0.4, 0.5) is 21.5 Å². The number of halogens is 1. The number of benzene rings is 2. The van der Waals surface area contributed by atoms with Gasteiger partial charge in [0.05, 0.1) is 30.8 Å². The van der Waals surface area contributed by atoms with Crippen LogP contribution in [-0.2, 0) is 14.3 Å². The van der Waals surface area contributed by atoms with Crippen molar-refractivity contribution < 1.29 is 18.7 Å². The summed E-state index contributed by atoms with van der Waals surface area (Å²) in [7, 11) is 0. The Morgan fingerprint density at radius 3 is 2.50 bits per heavy atom. The number of hydrogen-bond donors (Lipinski definition) is 3. The molecule has 0 saturated carbocycles. The lowest BCUT2D eigenvalue weighted by atomic mass is 10.1. The molecule has 1 aliphatic rings. The topological polar surface area (TPSA) is 123 Å². The zero-order chi connectivity index (χ0) is 22.9. The van der Waals surface area contributed by atoms with Crippen LogP contribution < -0.4 is 21.7 Å². The van der Waals surface area contributed by atoms with Crippen LogP contribution in [0, 0.1) is 5.82 Å². The summed E-state index contributed by atoms with van der Waals surface area (Å²) in [6.07, 6.45) is 3.32. The standard InChI is InChI=1S/C23H24FN5O3/c24-18-14-17(29-10-12-32-13-11-29)6-7-19(18)27-15-21(30)23(31)22(26)20(8-9-25)28-16-4-2-1-3-5-16/h1-9,14-15,28H,10-13,25-26H2. The van der Waals surface area contributed by atoms with Crippen LogP contribution in [-0.4, -0.2) is 44.1 Å². The van der Waals surface area contributed by atoms with Gasteiger partial charge in [-0.3, -0.25) is 9.59 Å². The molecule has 0 radical (unpaired) electrons. The van der Waals surface area contributed by atoms with Crippen LogP contribution in [0.2, 0.25) is 0 Å². The average molecular weight is 437 g/mol. The van der Waals surface area contributed by atoms with Gasteiger partial charge in [-0.25, -0.2) is 9.38 Å². The van der Waals surface area contributed by atoms with Crippen molar-refractivity contribution in [3.05, 3.63) is 78.0 Å². The van der Waals surface area contributed by atoms with Crippen molar-refractivity contribution in [1.82, 2.24) is 0 Å². The van der Waals surface area contributed by atoms with Crippen LogP contribution in [0.15, 0.2) is 77.2 Å². The summed E-state index contributed by atoms with van der Waals surface area (Å²) in [4.78, 5) is 30.6. The van der Waals surface area contributed by atoms with Gasteiger partial charge in [0.15, 0.2) is 5.82 Å². The molecule has 0 atom stereocenters. The Labute approximate surface area is 185 Å². The van der Waals surface area contributed by atoms with Gasteiger partial charge in [-0.15, -0.1) is 0 Å². The van der Waals surface area contributed by atoms with E-state index in [1.165, 1.54) is 24.4 Å². The number of anilines is 2. The minimum absolute atomic E-state index is 0.0600. The second-order valence-corrected chi connectivity index (χ2v) is 6.86. The summed E-state index contributed by atoms with van der Waals surface area (Å²) < 4.78 is 19.7. The largest absolute Gasteiger partial charge is 0.405 e. The number of para-hydroxylation sites is 1. The average Bonchev–Trinajstić information content (AvgIpc) is 2.83. The van der Waals surface area contributed by atoms with Crippen LogP contribution in [0.1, 0.15) is 0 Å². The van der Waals surface area contributed by atoms with Crippen molar-refractivity contribution in [1.29, 1.82) is 0 Å². The van der Waals surface area contributed by atoms with Crippen molar-refractivity contribution in [2.75, 3.05) is 36.5 Å². The Morgan fingerprint density at radius 1 is 1.12 bits per heavy atom. The number of morpholine rings is 1. The highest BCUT2D eigenvalue weighted by Gasteiger charge is 2.19. The molecule has 0 aromatic heterocycles. The molecule has 2 aromatic rings. The minimum atomic E-state index is -0.990. The number of nitrogens with two attached hydrogens (primary N) is 2. The molecule has 8 nitrogen and oxygen atoms in total. The fourth-order valence-electron chi connectivity index (χ4n) is 3.03. The molecule has 1 heterocycles. The summed E-state index contributed by atoms with van der Waals surface area (Å²) in [6, 6.07) is 13.4. The number of carbonyl (C=O) groups is 2. The zero-order valence-electron chi connectivity index (χ0n) is 17.3. The first-order valence-corrected chi connectivity index (χ1v) is 9.94. The number of Topliss-reactive ketones (excluding diaryl/α,β-unsaturated/α-hetero) is 2. The van der Waals surface area contributed by atoms with E-state index in [9.17, 15) is 14.0 Å². The number of nitrogens with zero attached hydrogens (tertiary/aromatic N) is 2. The third-order valence-corrected chi connectivity index (χ3v) is 4.70. The lowest BCUT2D eigenvalue weighted by Gasteiger charge is -2.28. The summed E-state index contributed by atoms with van der Waals surface area (Å²) in [6.45, 7) is 2.48. The third kappa shape index (κ3) is 5.79. The highest BCUT2D eigenvalue weighted by molar-refractivity contribution is 6.62. The fraction of sp³-hybridized carbons (Fsp3) is 0.174. The Morgan fingerprint density at radius 2 is 1.84 bits per heavy atom. The summed E-state index contributed by atoms with van der Waals surface area (Å²) in [5.74, 6) is -2.58. The number of aliphatic imine (C=N–C) groups is 1. The van der Waals surface area contributed by atoms with E-state index < -0.39 is 17.4 Å². The molecule has 0 aliphatic carbocycles. The van der Waals surface area contributed by atoms with Gasteiger partial charge in [0.1, 0.15) is 5.70 Å². The van der Waals surface area contributed by atoms with Crippen molar-refractivity contribution in [2.45, 2.75) is 0 Å². The second kappa shape index (κ2) is 10.9. The van der Waals surface area contributed by atoms with E-state index in [1.54, 1.807) is 30.3 Å². The summed E-state index contributed by atoms with van der Waals surface area (Å²) in [5, 5.41) is 2.93. The summed E-state index contributed by atoms with van der Waals surface area (Å²) in [5.41, 5.74) is 12.4. The van der Waals surface area contributed by atoms with E-state index in [2.05, 4.69) is 10.3 Å². The van der Waals surface area contributed by atoms with E-state index >= 15 is 0 Å². The monoisotopic (exact) mass is 437 g/mol. The number of hydrogen-bond acceptors (Lipinski definition) is 8. The molecule has 1 fully saturated rings. The van der Waals surface area contributed by atoms with Crippen molar-refractivity contribution in [3.63, 3.8) is 0 Å². The van der Waals surface area contributed by atoms with Gasteiger partial charge in [-0.2, -0.15) is 0 Å². The molecule has 5 N–H and O–H groups in total. The SMILES string of the molecule is NC=CC(Nc1ccccc1)=C(N)C(=O)C(=O)C=Nc1ccc(N2CCOCC2)cc1F. The van der Waals surface area contributed by atoms with Gasteiger partial charge < -0.3 is 26.4 Å². The Balaban J connectivity index is 1.73. The molecule has 0 spiro atoms. The predicted octanol–water partition coefficient (Wildman–Crippen LogP) is 2.26. The molecule has 32 heavy (non-hydrogen) atoms. The fourth-order valence-corrected chi connectivity index (χ4v) is 3.03. The molecule has 0 unspecified atom stereocenters. The van der Waals surface area contributed by atoms with E-state index in [0.717, 1.165) is 6.21 Å². The minimum Gasteiger partial charge on any atom is -0.405 e. The van der Waals surface area contributed by atoms with Crippen LogP contribution >= 0.6 is 0 Å². The lowest BCUT2D eigenvalue weighted by molar-refractivity contribution is -0.130. The Hall–Kier alpha value is -3.98. The van der Waals surface area contributed by atoms with Crippen LogP contribution in [0.3, 0.4) is 0 Å². The first kappa shape index (κ1) is 22.7. The molecule has 1 saturated heterocycles. The maximum Gasteiger partial charge on any atom is 0.252 e. The molecule has 1 aliphatic heterocycles. The first-order valence-electron chi connectivity index (χ1n) is 9.94. The Bertz CT molecular complexity index is 1060. The van der Waals surface area contributed by atoms with Crippen molar-refractivity contribution in [3.8, 4) is 0 Å². The number of carbonyl (C=O) groups excluding carboxylic acids is 2. The predicted molar refractivity (Wildman–Crippen MR) is 122 cm³/mol. The zero-order valence-corrected chi connectivity index (χ0v) is 17.3. The second-order valence-electron chi connectivity index (χ2n) is 6.86. The van der Waals surface area contributed by atoms with E-state index in [0.29, 0.717) is 37.7 Å². The van der Waals surface area contributed by atoms with Crippen molar-refractivity contribution >= 4 is 34.8 Å². The smallest absolute Gasteiger partial charge is 0.252 e. The molecule has 9 heteroatoms. The van der Waals surface area contributed by atoms with E-state index in [-0.39, 0.29) is 17.1 Å². The number of ketones is 2. The third-order valence-electron chi connectivity index (χ3n) is 4.70. The molecule has 2 aromatic carbocycles. The maximum absolute atomic E-state index is 14.5. The van der Waals surface area contributed by atoms with Crippen molar-refractivity contribution in [2.24, 2.45) is 16.5 Å². The quantitative estimate of drug-likeness (QED) is 0.250. The molecular formula is C23H24FN5O3. The molecule has 0 amide bonds. The normalized spacial score (nSPS) is 15.1. The summed E-state index contributed by atoms with van der Waals surface area (Å²) >= 11 is 0. The van der Waals surface area contributed by atoms with Gasteiger partial charge in [0.25, 0.3) is 5.78 Å². The molecule has 166 valence electrons. The molecule has 0 bridgehead atoms. The number of ether oxygens (including phenoxy) is 1. The maximum atomic E-state index is 14.5. The van der Waals surface area contributed by atoms with Gasteiger partial charge >= 0.3 is 0 Å². The number of rotatable bonds is 8. The van der Waals surface area contributed by atoms with Gasteiger partial charge in [-0.1, -0.05) is 18.2 Å².